The molecule has 0 aromatic heterocycles. The number of benzene rings is 2. The van der Waals surface area contributed by atoms with Gasteiger partial charge in [-0.2, -0.15) is 0 Å². The summed E-state index contributed by atoms with van der Waals surface area (Å²) in [5, 5.41) is 0. The van der Waals surface area contributed by atoms with E-state index in [2.05, 4.69) is 30.1 Å². The second-order valence-corrected chi connectivity index (χ2v) is 7.44. The minimum atomic E-state index is 0.528. The van der Waals surface area contributed by atoms with Crippen molar-refractivity contribution in [1.82, 2.24) is 4.90 Å². The van der Waals surface area contributed by atoms with Gasteiger partial charge in [-0.1, -0.05) is 6.07 Å². The first-order valence-corrected chi connectivity index (χ1v) is 9.48. The van der Waals surface area contributed by atoms with Crippen molar-refractivity contribution in [3.8, 4) is 23.0 Å². The van der Waals surface area contributed by atoms with Crippen LogP contribution in [-0.4, -0.2) is 53.5 Å². The molecule has 0 spiro atoms. The van der Waals surface area contributed by atoms with Gasteiger partial charge in [0.15, 0.2) is 11.5 Å². The van der Waals surface area contributed by atoms with Crippen LogP contribution in [0.3, 0.4) is 0 Å². The van der Waals surface area contributed by atoms with E-state index in [0.29, 0.717) is 23.2 Å². The third kappa shape index (κ3) is 3.00. The predicted molar refractivity (Wildman–Crippen MR) is 110 cm³/mol. The van der Waals surface area contributed by atoms with Crippen LogP contribution in [0.5, 0.6) is 23.0 Å². The highest BCUT2D eigenvalue weighted by molar-refractivity contribution is 5.88. The van der Waals surface area contributed by atoms with E-state index in [9.17, 15) is 0 Å². The number of fused-ring (bicyclic) bond motifs is 2. The molecule has 2 aromatic carbocycles. The maximum Gasteiger partial charge on any atom is 0.203 e. The molecule has 5 heteroatoms. The van der Waals surface area contributed by atoms with E-state index in [1.165, 1.54) is 22.3 Å². The lowest BCUT2D eigenvalue weighted by molar-refractivity contribution is 0.324. The molecular weight excluding hydrogens is 354 g/mol. The van der Waals surface area contributed by atoms with Crippen LogP contribution in [0.4, 0.5) is 0 Å². The summed E-state index contributed by atoms with van der Waals surface area (Å²) in [7, 11) is 8.84. The van der Waals surface area contributed by atoms with E-state index in [4.69, 9.17) is 18.9 Å². The zero-order valence-corrected chi connectivity index (χ0v) is 17.2. The third-order valence-corrected chi connectivity index (χ3v) is 5.79. The highest BCUT2D eigenvalue weighted by Crippen LogP contribution is 2.47. The Hall–Kier alpha value is -2.66. The lowest BCUT2D eigenvalue weighted by Gasteiger charge is -2.27. The molecule has 0 bridgehead atoms. The van der Waals surface area contributed by atoms with Crippen LogP contribution in [0.25, 0.3) is 5.57 Å². The lowest BCUT2D eigenvalue weighted by Crippen LogP contribution is -2.17. The van der Waals surface area contributed by atoms with Crippen LogP contribution in [0, 0.1) is 5.92 Å². The normalized spacial score (nSPS) is 18.5. The molecule has 148 valence electrons. The Bertz CT molecular complexity index is 909. The van der Waals surface area contributed by atoms with Crippen molar-refractivity contribution in [2.45, 2.75) is 6.42 Å². The van der Waals surface area contributed by atoms with E-state index < -0.39 is 0 Å². The average Bonchev–Trinajstić information content (AvgIpc) is 3.09. The van der Waals surface area contributed by atoms with Gasteiger partial charge in [0.05, 0.1) is 28.4 Å². The number of ether oxygens (including phenoxy) is 4. The summed E-state index contributed by atoms with van der Waals surface area (Å²) < 4.78 is 22.3. The maximum absolute atomic E-state index is 5.61. The van der Waals surface area contributed by atoms with Crippen molar-refractivity contribution in [2.24, 2.45) is 5.92 Å². The molecule has 1 atom stereocenters. The van der Waals surface area contributed by atoms with Gasteiger partial charge in [-0.15, -0.1) is 0 Å². The van der Waals surface area contributed by atoms with Gasteiger partial charge in [0, 0.05) is 13.1 Å². The second-order valence-electron chi connectivity index (χ2n) is 7.44. The zero-order chi connectivity index (χ0) is 19.8. The fourth-order valence-corrected chi connectivity index (χ4v) is 4.54. The standard InChI is InChI=1S/C23H27NO4/c1-24-12-16-8-14-6-7-17(25-2)11-18(14)22(19(16)13-24)15-9-20(26-3)23(28-5)21(10-15)27-4/h6-7,9-11,16H,8,12-13H2,1-5H3. The highest BCUT2D eigenvalue weighted by Gasteiger charge is 2.34. The number of likely N-dealkylation sites (tertiary alicyclic amines) is 1. The summed E-state index contributed by atoms with van der Waals surface area (Å²) in [5.74, 6) is 3.35. The summed E-state index contributed by atoms with van der Waals surface area (Å²) in [4.78, 5) is 2.39. The van der Waals surface area contributed by atoms with Crippen molar-refractivity contribution in [3.63, 3.8) is 0 Å². The number of likely N-dealkylation sites (N-methyl/N-ethyl adjacent to an activating group) is 1. The highest BCUT2D eigenvalue weighted by atomic mass is 16.5. The van der Waals surface area contributed by atoms with Crippen LogP contribution in [-0.2, 0) is 6.42 Å². The second kappa shape index (κ2) is 7.40. The van der Waals surface area contributed by atoms with Crippen LogP contribution >= 0.6 is 0 Å². The molecule has 1 aliphatic heterocycles. The molecule has 1 unspecified atom stereocenters. The van der Waals surface area contributed by atoms with Crippen molar-refractivity contribution >= 4 is 5.57 Å². The van der Waals surface area contributed by atoms with Gasteiger partial charge in [-0.05, 0) is 71.5 Å². The van der Waals surface area contributed by atoms with Gasteiger partial charge < -0.3 is 23.8 Å². The van der Waals surface area contributed by atoms with Crippen LogP contribution in [0.15, 0.2) is 35.9 Å². The first kappa shape index (κ1) is 18.7. The minimum Gasteiger partial charge on any atom is -0.497 e. The minimum absolute atomic E-state index is 0.528. The van der Waals surface area contributed by atoms with Crippen molar-refractivity contribution in [1.29, 1.82) is 0 Å². The summed E-state index contributed by atoms with van der Waals surface area (Å²) in [6, 6.07) is 10.5. The Labute approximate surface area is 166 Å². The fourth-order valence-electron chi connectivity index (χ4n) is 4.54. The molecular formula is C23H27NO4. The molecule has 0 N–H and O–H groups in total. The number of hydrogen-bond donors (Lipinski definition) is 0. The van der Waals surface area contributed by atoms with E-state index in [0.717, 1.165) is 30.8 Å². The fraction of sp³-hybridized carbons (Fsp3) is 0.391. The third-order valence-electron chi connectivity index (χ3n) is 5.79. The van der Waals surface area contributed by atoms with Gasteiger partial charge in [0.2, 0.25) is 5.75 Å². The Morgan fingerprint density at radius 3 is 2.21 bits per heavy atom. The van der Waals surface area contributed by atoms with Gasteiger partial charge in [0.1, 0.15) is 5.75 Å². The van der Waals surface area contributed by atoms with Gasteiger partial charge in [-0.25, -0.2) is 0 Å². The monoisotopic (exact) mass is 381 g/mol. The molecule has 0 radical (unpaired) electrons. The number of hydrogen-bond acceptors (Lipinski definition) is 5. The number of nitrogens with zero attached hydrogens (tertiary/aromatic N) is 1. The van der Waals surface area contributed by atoms with Gasteiger partial charge >= 0.3 is 0 Å². The van der Waals surface area contributed by atoms with Crippen molar-refractivity contribution in [2.75, 3.05) is 48.6 Å². The molecule has 2 aliphatic rings. The molecule has 2 aromatic rings. The quantitative estimate of drug-likeness (QED) is 0.791. The number of methoxy groups -OCH3 is 4. The van der Waals surface area contributed by atoms with Gasteiger partial charge in [0.25, 0.3) is 0 Å². The molecule has 1 aliphatic carbocycles. The first-order chi connectivity index (χ1) is 13.6. The zero-order valence-electron chi connectivity index (χ0n) is 17.2. The van der Waals surface area contributed by atoms with Crippen LogP contribution in [0.1, 0.15) is 16.7 Å². The summed E-state index contributed by atoms with van der Waals surface area (Å²) >= 11 is 0. The van der Waals surface area contributed by atoms with E-state index in [1.54, 1.807) is 28.4 Å². The molecule has 1 fully saturated rings. The maximum atomic E-state index is 5.61. The number of rotatable bonds is 5. The molecule has 1 saturated heterocycles. The molecule has 0 amide bonds. The average molecular weight is 381 g/mol. The SMILES string of the molecule is COc1ccc2c(c1)C(c1cc(OC)c(OC)c(OC)c1)=C1CN(C)CC1C2. The Morgan fingerprint density at radius 1 is 0.893 bits per heavy atom. The van der Waals surface area contributed by atoms with E-state index in [-0.39, 0.29) is 0 Å². The summed E-state index contributed by atoms with van der Waals surface area (Å²) in [5.41, 5.74) is 6.40. The first-order valence-electron chi connectivity index (χ1n) is 9.48. The van der Waals surface area contributed by atoms with Crippen LogP contribution < -0.4 is 18.9 Å². The predicted octanol–water partition coefficient (Wildman–Crippen LogP) is 3.64. The largest absolute Gasteiger partial charge is 0.497 e. The van der Waals surface area contributed by atoms with Gasteiger partial charge in [-0.3, -0.25) is 0 Å². The molecule has 1 heterocycles. The van der Waals surface area contributed by atoms with Crippen LogP contribution in [0.2, 0.25) is 0 Å². The molecule has 28 heavy (non-hydrogen) atoms. The Kier molecular flexibility index (Phi) is 4.94. The lowest BCUT2D eigenvalue weighted by atomic mass is 9.77. The van der Waals surface area contributed by atoms with Crippen molar-refractivity contribution in [3.05, 3.63) is 52.6 Å². The topological polar surface area (TPSA) is 40.2 Å². The van der Waals surface area contributed by atoms with E-state index in [1.807, 2.05) is 12.1 Å². The summed E-state index contributed by atoms with van der Waals surface area (Å²) in [6.45, 7) is 2.04. The molecule has 0 saturated carbocycles. The smallest absolute Gasteiger partial charge is 0.203 e. The molecule has 5 nitrogen and oxygen atoms in total. The Morgan fingerprint density at radius 2 is 1.61 bits per heavy atom. The van der Waals surface area contributed by atoms with E-state index >= 15 is 0 Å². The Balaban J connectivity index is 1.97. The summed E-state index contributed by atoms with van der Waals surface area (Å²) in [6.07, 6.45) is 1.06. The molecule has 4 rings (SSSR count). The van der Waals surface area contributed by atoms with Crippen molar-refractivity contribution < 1.29 is 18.9 Å².